The number of benzene rings is 1. The second-order valence-electron chi connectivity index (χ2n) is 4.50. The van der Waals surface area contributed by atoms with Crippen LogP contribution >= 0.6 is 0 Å². The lowest BCUT2D eigenvalue weighted by atomic mass is 10.3. The van der Waals surface area contributed by atoms with Gasteiger partial charge in [0.2, 0.25) is 10.0 Å². The Morgan fingerprint density at radius 2 is 2.05 bits per heavy atom. The van der Waals surface area contributed by atoms with Crippen LogP contribution in [0.4, 0.5) is 10.1 Å². The van der Waals surface area contributed by atoms with Gasteiger partial charge in [0.05, 0.1) is 4.92 Å². The first-order chi connectivity index (χ1) is 9.40. The highest BCUT2D eigenvalue weighted by atomic mass is 32.2. The van der Waals surface area contributed by atoms with E-state index in [1.54, 1.807) is 0 Å². The fourth-order valence-electron chi connectivity index (χ4n) is 1.64. The summed E-state index contributed by atoms with van der Waals surface area (Å²) in [5, 5.41) is 13.7. The van der Waals surface area contributed by atoms with Gasteiger partial charge < -0.3 is 5.32 Å². The van der Waals surface area contributed by atoms with Crippen molar-refractivity contribution in [3.8, 4) is 0 Å². The van der Waals surface area contributed by atoms with Crippen LogP contribution < -0.4 is 10.0 Å². The summed E-state index contributed by atoms with van der Waals surface area (Å²) >= 11 is 0. The molecule has 0 aliphatic heterocycles. The van der Waals surface area contributed by atoms with E-state index in [1.807, 2.05) is 0 Å². The highest BCUT2D eigenvalue weighted by Gasteiger charge is 2.23. The topological polar surface area (TPSA) is 101 Å². The van der Waals surface area contributed by atoms with Gasteiger partial charge in [0, 0.05) is 31.3 Å². The van der Waals surface area contributed by atoms with E-state index in [0.717, 1.165) is 25.0 Å². The Hall–Kier alpha value is -1.58. The van der Waals surface area contributed by atoms with E-state index in [0.29, 0.717) is 18.7 Å². The summed E-state index contributed by atoms with van der Waals surface area (Å²) in [6.07, 6.45) is 2.15. The van der Waals surface area contributed by atoms with Gasteiger partial charge in [-0.05, 0) is 18.9 Å². The third-order valence-electron chi connectivity index (χ3n) is 2.84. The third kappa shape index (κ3) is 3.71. The number of nitrogens with one attached hydrogen (secondary N) is 2. The first-order valence-electron chi connectivity index (χ1n) is 6.07. The number of hydrogen-bond donors (Lipinski definition) is 2. The molecule has 0 unspecified atom stereocenters. The molecular weight excluding hydrogens is 289 g/mol. The van der Waals surface area contributed by atoms with Crippen molar-refractivity contribution in [2.24, 2.45) is 0 Å². The number of non-ortho nitro benzene ring substituents is 1. The van der Waals surface area contributed by atoms with E-state index < -0.39 is 31.3 Å². The number of halogens is 1. The lowest BCUT2D eigenvalue weighted by Gasteiger charge is -2.08. The Bertz CT molecular complexity index is 616. The first-order valence-corrected chi connectivity index (χ1v) is 7.55. The molecule has 0 amide bonds. The van der Waals surface area contributed by atoms with E-state index in [9.17, 15) is 22.9 Å². The minimum atomic E-state index is -4.09. The SMILES string of the molecule is O=[N+]([O-])c1ccc(F)c(S(=O)(=O)NCCNC2CC2)c1. The van der Waals surface area contributed by atoms with Gasteiger partial charge in [-0.1, -0.05) is 0 Å². The highest BCUT2D eigenvalue weighted by molar-refractivity contribution is 7.89. The number of nitro benzene ring substituents is 1. The Balaban J connectivity index is 2.06. The molecule has 1 aromatic rings. The molecular formula is C11H14FN3O4S. The molecule has 1 aromatic carbocycles. The maximum Gasteiger partial charge on any atom is 0.270 e. The zero-order chi connectivity index (χ0) is 14.8. The van der Waals surface area contributed by atoms with E-state index in [1.165, 1.54) is 0 Å². The normalized spacial score (nSPS) is 15.2. The predicted octanol–water partition coefficient (Wildman–Crippen LogP) is 0.764. The lowest BCUT2D eigenvalue weighted by Crippen LogP contribution is -2.33. The number of hydrogen-bond acceptors (Lipinski definition) is 5. The zero-order valence-electron chi connectivity index (χ0n) is 10.5. The molecule has 2 rings (SSSR count). The predicted molar refractivity (Wildman–Crippen MR) is 69.3 cm³/mol. The van der Waals surface area contributed by atoms with E-state index in [-0.39, 0.29) is 6.54 Å². The molecule has 0 bridgehead atoms. The Morgan fingerprint density at radius 1 is 1.35 bits per heavy atom. The van der Waals surface area contributed by atoms with Gasteiger partial charge in [-0.15, -0.1) is 0 Å². The molecule has 2 N–H and O–H groups in total. The zero-order valence-corrected chi connectivity index (χ0v) is 11.3. The van der Waals surface area contributed by atoms with Gasteiger partial charge in [-0.3, -0.25) is 10.1 Å². The van der Waals surface area contributed by atoms with Crippen LogP contribution in [0, 0.1) is 15.9 Å². The van der Waals surface area contributed by atoms with Gasteiger partial charge in [0.1, 0.15) is 10.7 Å². The Morgan fingerprint density at radius 3 is 2.65 bits per heavy atom. The van der Waals surface area contributed by atoms with E-state index in [2.05, 4.69) is 10.0 Å². The smallest absolute Gasteiger partial charge is 0.270 e. The van der Waals surface area contributed by atoms with Crippen LogP contribution in [0.2, 0.25) is 0 Å². The van der Waals surface area contributed by atoms with Crippen LogP contribution in [0.5, 0.6) is 0 Å². The van der Waals surface area contributed by atoms with Crippen LogP contribution in [0.1, 0.15) is 12.8 Å². The largest absolute Gasteiger partial charge is 0.313 e. The Labute approximate surface area is 115 Å². The van der Waals surface area contributed by atoms with Gasteiger partial charge in [0.15, 0.2) is 0 Å². The van der Waals surface area contributed by atoms with Crippen molar-refractivity contribution >= 4 is 15.7 Å². The lowest BCUT2D eigenvalue weighted by molar-refractivity contribution is -0.385. The molecule has 0 spiro atoms. The molecule has 7 nitrogen and oxygen atoms in total. The van der Waals surface area contributed by atoms with Crippen molar-refractivity contribution in [2.75, 3.05) is 13.1 Å². The fourth-order valence-corrected chi connectivity index (χ4v) is 2.77. The van der Waals surface area contributed by atoms with Crippen LogP contribution in [-0.4, -0.2) is 32.5 Å². The maximum atomic E-state index is 13.5. The van der Waals surface area contributed by atoms with Crippen LogP contribution in [-0.2, 0) is 10.0 Å². The van der Waals surface area contributed by atoms with E-state index in [4.69, 9.17) is 0 Å². The monoisotopic (exact) mass is 303 g/mol. The third-order valence-corrected chi connectivity index (χ3v) is 4.32. The summed E-state index contributed by atoms with van der Waals surface area (Å²) in [5.74, 6) is -1.02. The van der Waals surface area contributed by atoms with Crippen molar-refractivity contribution in [3.05, 3.63) is 34.1 Å². The van der Waals surface area contributed by atoms with Crippen molar-refractivity contribution in [2.45, 2.75) is 23.8 Å². The van der Waals surface area contributed by atoms with Gasteiger partial charge >= 0.3 is 0 Å². The summed E-state index contributed by atoms with van der Waals surface area (Å²) in [6, 6.07) is 2.85. The summed E-state index contributed by atoms with van der Waals surface area (Å²) in [7, 11) is -4.09. The average Bonchev–Trinajstić information content (AvgIpc) is 3.18. The molecule has 9 heteroatoms. The molecule has 110 valence electrons. The second kappa shape index (κ2) is 5.81. The number of nitrogens with zero attached hydrogens (tertiary/aromatic N) is 1. The van der Waals surface area contributed by atoms with Crippen molar-refractivity contribution in [1.82, 2.24) is 10.0 Å². The minimum absolute atomic E-state index is 0.0982. The summed E-state index contributed by atoms with van der Waals surface area (Å²) in [6.45, 7) is 0.529. The quantitative estimate of drug-likeness (QED) is 0.440. The number of rotatable bonds is 7. The van der Waals surface area contributed by atoms with Crippen molar-refractivity contribution in [3.63, 3.8) is 0 Å². The second-order valence-corrected chi connectivity index (χ2v) is 6.23. The van der Waals surface area contributed by atoms with Crippen molar-refractivity contribution < 1.29 is 17.7 Å². The fraction of sp³-hybridized carbons (Fsp3) is 0.455. The molecule has 0 radical (unpaired) electrons. The highest BCUT2D eigenvalue weighted by Crippen LogP contribution is 2.21. The Kier molecular flexibility index (Phi) is 4.31. The number of sulfonamides is 1. The summed E-state index contributed by atoms with van der Waals surface area (Å²) in [5.41, 5.74) is -0.470. The van der Waals surface area contributed by atoms with E-state index >= 15 is 0 Å². The van der Waals surface area contributed by atoms with Crippen molar-refractivity contribution in [1.29, 1.82) is 0 Å². The first kappa shape index (κ1) is 14.8. The van der Waals surface area contributed by atoms with Gasteiger partial charge in [0.25, 0.3) is 5.69 Å². The molecule has 1 saturated carbocycles. The molecule has 0 heterocycles. The maximum absolute atomic E-state index is 13.5. The van der Waals surface area contributed by atoms with Gasteiger partial charge in [-0.25, -0.2) is 17.5 Å². The van der Waals surface area contributed by atoms with Crippen LogP contribution in [0.25, 0.3) is 0 Å². The van der Waals surface area contributed by atoms with Crippen LogP contribution in [0.15, 0.2) is 23.1 Å². The molecule has 1 aliphatic rings. The molecule has 0 atom stereocenters. The molecule has 1 fully saturated rings. The standard InChI is InChI=1S/C11H14FN3O4S/c12-10-4-3-9(15(16)17)7-11(10)20(18,19)14-6-5-13-8-1-2-8/h3-4,7-8,13-14H,1-2,5-6H2. The summed E-state index contributed by atoms with van der Waals surface area (Å²) < 4.78 is 39.5. The van der Waals surface area contributed by atoms with Crippen LogP contribution in [0.3, 0.4) is 0 Å². The average molecular weight is 303 g/mol. The number of nitro groups is 1. The molecule has 0 aromatic heterocycles. The molecule has 20 heavy (non-hydrogen) atoms. The molecule has 0 saturated heterocycles. The molecule has 1 aliphatic carbocycles. The summed E-state index contributed by atoms with van der Waals surface area (Å²) in [4.78, 5) is 9.11. The van der Waals surface area contributed by atoms with Gasteiger partial charge in [-0.2, -0.15) is 0 Å². The minimum Gasteiger partial charge on any atom is -0.313 e.